The summed E-state index contributed by atoms with van der Waals surface area (Å²) in [7, 11) is 0. The van der Waals surface area contributed by atoms with Gasteiger partial charge in [-0.1, -0.05) is 17.7 Å². The summed E-state index contributed by atoms with van der Waals surface area (Å²) in [6, 6.07) is 9.33. The van der Waals surface area contributed by atoms with Crippen LogP contribution in [0.15, 0.2) is 73.1 Å². The number of rotatable bonds is 6. The highest BCUT2D eigenvalue weighted by molar-refractivity contribution is 6.46. The third-order valence-corrected chi connectivity index (χ3v) is 5.33. The first-order valence-electron chi connectivity index (χ1n) is 9.52. The van der Waals surface area contributed by atoms with Crippen LogP contribution in [0.25, 0.3) is 5.76 Å². The average molecular weight is 424 g/mol. The molecule has 0 aliphatic carbocycles. The number of imidazole rings is 1. The van der Waals surface area contributed by atoms with Crippen molar-refractivity contribution in [1.29, 1.82) is 0 Å². The number of benzene rings is 1. The predicted molar refractivity (Wildman–Crippen MR) is 110 cm³/mol. The summed E-state index contributed by atoms with van der Waals surface area (Å²) in [6.45, 7) is 1.04. The van der Waals surface area contributed by atoms with Crippen LogP contribution >= 0.6 is 11.6 Å². The van der Waals surface area contributed by atoms with Gasteiger partial charge in [-0.3, -0.25) is 19.6 Å². The van der Waals surface area contributed by atoms with E-state index in [9.17, 15) is 14.7 Å². The maximum absolute atomic E-state index is 12.9. The Morgan fingerprint density at radius 3 is 2.70 bits per heavy atom. The molecule has 2 aromatic heterocycles. The summed E-state index contributed by atoms with van der Waals surface area (Å²) in [4.78, 5) is 34.4. The average Bonchev–Trinajstić information content (AvgIpc) is 3.37. The lowest BCUT2D eigenvalue weighted by molar-refractivity contribution is -0.695. The lowest BCUT2D eigenvalue weighted by atomic mass is 9.96. The van der Waals surface area contributed by atoms with Gasteiger partial charge in [0.1, 0.15) is 18.2 Å². The van der Waals surface area contributed by atoms with Crippen LogP contribution in [0.2, 0.25) is 5.02 Å². The van der Waals surface area contributed by atoms with Crippen LogP contribution in [-0.2, 0) is 16.1 Å². The minimum Gasteiger partial charge on any atom is -0.507 e. The van der Waals surface area contributed by atoms with Crippen molar-refractivity contribution < 1.29 is 19.3 Å². The van der Waals surface area contributed by atoms with Crippen molar-refractivity contribution in [3.05, 3.63) is 89.2 Å². The van der Waals surface area contributed by atoms with E-state index in [-0.39, 0.29) is 11.3 Å². The molecule has 1 amide bonds. The second kappa shape index (κ2) is 8.51. The Bertz CT molecular complexity index is 1080. The molecule has 3 heterocycles. The number of carbonyl (C=O) groups is 2. The predicted octanol–water partition coefficient (Wildman–Crippen LogP) is 2.86. The van der Waals surface area contributed by atoms with Crippen LogP contribution in [0.1, 0.15) is 23.6 Å². The smallest absolute Gasteiger partial charge is 0.295 e. The highest BCUT2D eigenvalue weighted by Crippen LogP contribution is 2.39. The summed E-state index contributed by atoms with van der Waals surface area (Å²) in [5, 5.41) is 11.4. The van der Waals surface area contributed by atoms with E-state index in [4.69, 9.17) is 11.6 Å². The third kappa shape index (κ3) is 3.84. The molecule has 0 bridgehead atoms. The number of halogens is 1. The molecule has 3 aromatic rings. The monoisotopic (exact) mass is 423 g/mol. The van der Waals surface area contributed by atoms with Gasteiger partial charge in [-0.05, 0) is 35.9 Å². The standard InChI is InChI=1S/C22H19ClN4O3/c23-17-6-4-15(5-7-17)20(28)18-19(16-3-1-8-24-13-16)27(22(30)21(18)29)11-2-10-26-12-9-25-14-26/h1,3-9,12-14,19H,2,10-11H2,(H,28,29)/p+1. The lowest BCUT2D eigenvalue weighted by Gasteiger charge is -2.24. The number of aryl methyl sites for hydroxylation is 1. The van der Waals surface area contributed by atoms with E-state index in [0.29, 0.717) is 35.7 Å². The van der Waals surface area contributed by atoms with Crippen LogP contribution < -0.4 is 4.57 Å². The van der Waals surface area contributed by atoms with Gasteiger partial charge in [-0.15, -0.1) is 0 Å². The molecule has 1 atom stereocenters. The fourth-order valence-electron chi connectivity index (χ4n) is 3.64. The minimum absolute atomic E-state index is 0.0598. The number of ketones is 1. The summed E-state index contributed by atoms with van der Waals surface area (Å²) in [5.41, 5.74) is 1.15. The molecule has 4 rings (SSSR count). The third-order valence-electron chi connectivity index (χ3n) is 5.08. The molecule has 0 saturated carbocycles. The summed E-state index contributed by atoms with van der Waals surface area (Å²) < 4.78 is 1.96. The van der Waals surface area contributed by atoms with Gasteiger partial charge in [0.2, 0.25) is 6.33 Å². The molecular formula is C22H20ClN4O3+. The van der Waals surface area contributed by atoms with Crippen molar-refractivity contribution in [3.63, 3.8) is 0 Å². The van der Waals surface area contributed by atoms with E-state index < -0.39 is 17.7 Å². The zero-order valence-corrected chi connectivity index (χ0v) is 16.8. The van der Waals surface area contributed by atoms with E-state index >= 15 is 0 Å². The normalized spacial score (nSPS) is 18.2. The number of likely N-dealkylation sites (tertiary alicyclic amines) is 1. The molecule has 0 spiro atoms. The summed E-state index contributed by atoms with van der Waals surface area (Å²) in [6.07, 6.45) is 9.42. The first-order chi connectivity index (χ1) is 14.6. The largest absolute Gasteiger partial charge is 0.507 e. The Kier molecular flexibility index (Phi) is 5.63. The van der Waals surface area contributed by atoms with Crippen molar-refractivity contribution >= 4 is 29.1 Å². The second-order valence-electron chi connectivity index (χ2n) is 6.99. The molecule has 1 aliphatic rings. The number of aliphatic hydroxyl groups is 1. The summed E-state index contributed by atoms with van der Waals surface area (Å²) in [5.74, 6) is -1.55. The molecule has 1 unspecified atom stereocenters. The van der Waals surface area contributed by atoms with Gasteiger partial charge < -0.3 is 10.0 Å². The number of hydrogen-bond acceptors (Lipinski definition) is 4. The Hall–Kier alpha value is -3.45. The van der Waals surface area contributed by atoms with Gasteiger partial charge in [0.05, 0.1) is 18.2 Å². The highest BCUT2D eigenvalue weighted by atomic mass is 35.5. The Labute approximate surface area is 178 Å². The van der Waals surface area contributed by atoms with Gasteiger partial charge in [0, 0.05) is 35.9 Å². The van der Waals surface area contributed by atoms with Gasteiger partial charge in [-0.25, -0.2) is 4.57 Å². The highest BCUT2D eigenvalue weighted by Gasteiger charge is 2.45. The van der Waals surface area contributed by atoms with E-state index in [1.54, 1.807) is 48.8 Å². The van der Waals surface area contributed by atoms with E-state index in [2.05, 4.69) is 9.97 Å². The summed E-state index contributed by atoms with van der Waals surface area (Å²) >= 11 is 5.94. The van der Waals surface area contributed by atoms with E-state index in [1.807, 2.05) is 23.3 Å². The van der Waals surface area contributed by atoms with E-state index in [1.165, 1.54) is 4.90 Å². The maximum Gasteiger partial charge on any atom is 0.295 e. The number of nitrogens with zero attached hydrogens (tertiary/aromatic N) is 3. The molecule has 0 radical (unpaired) electrons. The number of aliphatic hydroxyl groups excluding tert-OH is 1. The van der Waals surface area contributed by atoms with Crippen LogP contribution in [0.3, 0.4) is 0 Å². The SMILES string of the molecule is O=C1C(=O)N(CCC[n+]2cc[nH]c2)C(c2cccnc2)/C1=C(\O)c1ccc(Cl)cc1. The quantitative estimate of drug-likeness (QED) is 0.276. The van der Waals surface area contributed by atoms with Gasteiger partial charge >= 0.3 is 0 Å². The molecule has 8 heteroatoms. The molecule has 2 N–H and O–H groups in total. The van der Waals surface area contributed by atoms with Crippen molar-refractivity contribution in [2.24, 2.45) is 0 Å². The molecule has 1 aliphatic heterocycles. The van der Waals surface area contributed by atoms with Crippen LogP contribution in [0.5, 0.6) is 0 Å². The van der Waals surface area contributed by atoms with Crippen molar-refractivity contribution in [3.8, 4) is 0 Å². The van der Waals surface area contributed by atoms with Crippen molar-refractivity contribution in [1.82, 2.24) is 14.9 Å². The topological polar surface area (TPSA) is 90.2 Å². The molecular weight excluding hydrogens is 404 g/mol. The number of hydrogen-bond donors (Lipinski definition) is 2. The lowest BCUT2D eigenvalue weighted by Crippen LogP contribution is -2.36. The number of amides is 1. The van der Waals surface area contributed by atoms with Gasteiger partial charge in [0.25, 0.3) is 11.7 Å². The fraction of sp³-hybridized carbons (Fsp3) is 0.182. The van der Waals surface area contributed by atoms with E-state index in [0.717, 1.165) is 0 Å². The maximum atomic E-state index is 12.9. The number of pyridine rings is 1. The zero-order valence-electron chi connectivity index (χ0n) is 16.0. The van der Waals surface area contributed by atoms with Crippen molar-refractivity contribution in [2.45, 2.75) is 19.0 Å². The number of Topliss-reactive ketones (excluding diaryl/α,β-unsaturated/α-hetero) is 1. The van der Waals surface area contributed by atoms with Crippen LogP contribution in [0.4, 0.5) is 0 Å². The van der Waals surface area contributed by atoms with Crippen LogP contribution in [0, 0.1) is 0 Å². The molecule has 152 valence electrons. The Morgan fingerprint density at radius 1 is 1.23 bits per heavy atom. The van der Waals surface area contributed by atoms with Crippen molar-refractivity contribution in [2.75, 3.05) is 6.54 Å². The van der Waals surface area contributed by atoms with Gasteiger partial charge in [-0.2, -0.15) is 0 Å². The molecule has 30 heavy (non-hydrogen) atoms. The fourth-order valence-corrected chi connectivity index (χ4v) is 3.77. The number of aromatic amines is 1. The van der Waals surface area contributed by atoms with Crippen LogP contribution in [-0.4, -0.2) is 38.2 Å². The Morgan fingerprint density at radius 2 is 2.03 bits per heavy atom. The number of aromatic nitrogens is 3. The molecule has 1 saturated heterocycles. The van der Waals surface area contributed by atoms with Gasteiger partial charge in [0.15, 0.2) is 0 Å². The first kappa shape index (κ1) is 19.8. The second-order valence-corrected chi connectivity index (χ2v) is 7.43. The molecule has 1 aromatic carbocycles. The molecule has 1 fully saturated rings. The minimum atomic E-state index is -0.703. The number of H-pyrrole nitrogens is 1. The molecule has 7 nitrogen and oxygen atoms in total. The Balaban J connectivity index is 1.71. The first-order valence-corrected chi connectivity index (χ1v) is 9.90. The number of nitrogens with one attached hydrogen (secondary N) is 1. The number of carbonyl (C=O) groups excluding carboxylic acids is 2. The zero-order chi connectivity index (χ0) is 21.1.